The topological polar surface area (TPSA) is 73.5 Å². The van der Waals surface area contributed by atoms with Crippen molar-refractivity contribution in [2.45, 2.75) is 45.4 Å². The van der Waals surface area contributed by atoms with Gasteiger partial charge in [0.1, 0.15) is 12.8 Å². The molecule has 1 unspecified atom stereocenters. The molecule has 2 saturated heterocycles. The first-order valence-corrected chi connectivity index (χ1v) is 8.38. The Labute approximate surface area is 138 Å². The fourth-order valence-corrected chi connectivity index (χ4v) is 3.21. The normalized spacial score (nSPS) is 22.1. The maximum absolute atomic E-state index is 13.9. The number of carbonyl (C=O) groups excluding carboxylic acids is 1. The summed E-state index contributed by atoms with van der Waals surface area (Å²) in [5, 5.41) is 0. The van der Waals surface area contributed by atoms with Gasteiger partial charge in [0, 0.05) is 19.7 Å². The number of carbonyl (C=O) groups is 1. The molecule has 1 atom stereocenters. The standard InChI is InChI=1S/C16H22FN3O4/c1-11-4-6-18(7-5-11)13(21)10-20-15(22)12(17)9-19(16(20)23)14-3-2-8-24-14/h9,11,14H,2-8,10H2,1H3. The molecule has 2 fully saturated rings. The van der Waals surface area contributed by atoms with Gasteiger partial charge < -0.3 is 9.64 Å². The van der Waals surface area contributed by atoms with Gasteiger partial charge in [-0.3, -0.25) is 14.2 Å². The lowest BCUT2D eigenvalue weighted by Gasteiger charge is -2.30. The molecule has 0 aliphatic carbocycles. The Kier molecular flexibility index (Phi) is 4.84. The lowest BCUT2D eigenvalue weighted by Crippen LogP contribution is -2.47. The van der Waals surface area contributed by atoms with Gasteiger partial charge in [-0.2, -0.15) is 4.39 Å². The number of halogens is 1. The van der Waals surface area contributed by atoms with Crippen molar-refractivity contribution < 1.29 is 13.9 Å². The molecule has 0 aromatic carbocycles. The van der Waals surface area contributed by atoms with Crippen molar-refractivity contribution in [3.05, 3.63) is 32.9 Å². The predicted molar refractivity (Wildman–Crippen MR) is 84.1 cm³/mol. The highest BCUT2D eigenvalue weighted by Gasteiger charge is 2.25. The van der Waals surface area contributed by atoms with E-state index in [1.807, 2.05) is 0 Å². The zero-order valence-electron chi connectivity index (χ0n) is 13.7. The van der Waals surface area contributed by atoms with Crippen LogP contribution in [0.3, 0.4) is 0 Å². The van der Waals surface area contributed by atoms with E-state index >= 15 is 0 Å². The third-order valence-corrected chi connectivity index (χ3v) is 4.80. The van der Waals surface area contributed by atoms with Gasteiger partial charge in [-0.25, -0.2) is 9.36 Å². The second kappa shape index (κ2) is 6.88. The van der Waals surface area contributed by atoms with E-state index in [-0.39, 0.29) is 5.91 Å². The highest BCUT2D eigenvalue weighted by atomic mass is 19.1. The van der Waals surface area contributed by atoms with Crippen molar-refractivity contribution in [3.8, 4) is 0 Å². The first-order chi connectivity index (χ1) is 11.5. The number of nitrogens with zero attached hydrogens (tertiary/aromatic N) is 3. The molecule has 8 heteroatoms. The van der Waals surface area contributed by atoms with E-state index in [2.05, 4.69) is 6.92 Å². The highest BCUT2D eigenvalue weighted by Crippen LogP contribution is 2.20. The second-order valence-corrected chi connectivity index (χ2v) is 6.59. The van der Waals surface area contributed by atoms with Gasteiger partial charge in [0.2, 0.25) is 11.7 Å². The fourth-order valence-electron chi connectivity index (χ4n) is 3.21. The molecule has 0 saturated carbocycles. The van der Waals surface area contributed by atoms with Crippen molar-refractivity contribution in [1.29, 1.82) is 0 Å². The number of amides is 1. The van der Waals surface area contributed by atoms with Gasteiger partial charge in [-0.1, -0.05) is 6.92 Å². The van der Waals surface area contributed by atoms with Gasteiger partial charge in [-0.15, -0.1) is 0 Å². The Morgan fingerprint density at radius 1 is 1.29 bits per heavy atom. The minimum Gasteiger partial charge on any atom is -0.358 e. The number of likely N-dealkylation sites (tertiary alicyclic amines) is 1. The van der Waals surface area contributed by atoms with Crippen LogP contribution in [-0.4, -0.2) is 39.6 Å². The van der Waals surface area contributed by atoms with Crippen LogP contribution in [0.25, 0.3) is 0 Å². The molecule has 0 bridgehead atoms. The Bertz CT molecular complexity index is 728. The Balaban J connectivity index is 1.85. The van der Waals surface area contributed by atoms with Crippen LogP contribution >= 0.6 is 0 Å². The fraction of sp³-hybridized carbons (Fsp3) is 0.688. The van der Waals surface area contributed by atoms with Crippen LogP contribution in [0.4, 0.5) is 4.39 Å². The van der Waals surface area contributed by atoms with E-state index in [0.717, 1.165) is 30.0 Å². The molecule has 0 radical (unpaired) electrons. The van der Waals surface area contributed by atoms with E-state index < -0.39 is 29.8 Å². The summed E-state index contributed by atoms with van der Waals surface area (Å²) >= 11 is 0. The van der Waals surface area contributed by atoms with Crippen molar-refractivity contribution >= 4 is 5.91 Å². The average molecular weight is 339 g/mol. The van der Waals surface area contributed by atoms with Crippen LogP contribution in [0.15, 0.2) is 15.8 Å². The van der Waals surface area contributed by atoms with Crippen LogP contribution in [-0.2, 0) is 16.1 Å². The molecular formula is C16H22FN3O4. The number of rotatable bonds is 3. The summed E-state index contributed by atoms with van der Waals surface area (Å²) in [6, 6.07) is 0. The summed E-state index contributed by atoms with van der Waals surface area (Å²) < 4.78 is 21.1. The lowest BCUT2D eigenvalue weighted by molar-refractivity contribution is -0.133. The molecule has 24 heavy (non-hydrogen) atoms. The van der Waals surface area contributed by atoms with E-state index in [1.54, 1.807) is 4.90 Å². The van der Waals surface area contributed by atoms with E-state index in [4.69, 9.17) is 4.74 Å². The molecule has 1 aromatic heterocycles. The van der Waals surface area contributed by atoms with Crippen molar-refractivity contribution in [2.75, 3.05) is 19.7 Å². The quantitative estimate of drug-likeness (QED) is 0.813. The average Bonchev–Trinajstić information content (AvgIpc) is 3.09. The Hall–Kier alpha value is -1.96. The first kappa shape index (κ1) is 16.9. The molecule has 132 valence electrons. The van der Waals surface area contributed by atoms with E-state index in [9.17, 15) is 18.8 Å². The number of piperidine rings is 1. The summed E-state index contributed by atoms with van der Waals surface area (Å²) in [5.74, 6) is -0.821. The Morgan fingerprint density at radius 2 is 2.00 bits per heavy atom. The van der Waals surface area contributed by atoms with Crippen molar-refractivity contribution in [3.63, 3.8) is 0 Å². The molecule has 0 spiro atoms. The third-order valence-electron chi connectivity index (χ3n) is 4.80. The molecule has 2 aliphatic heterocycles. The van der Waals surface area contributed by atoms with Gasteiger partial charge in [0.05, 0.1) is 6.20 Å². The molecule has 0 N–H and O–H groups in total. The summed E-state index contributed by atoms with van der Waals surface area (Å²) in [6.07, 6.45) is 3.43. The summed E-state index contributed by atoms with van der Waals surface area (Å²) in [7, 11) is 0. The van der Waals surface area contributed by atoms with Gasteiger partial charge in [-0.05, 0) is 31.6 Å². The monoisotopic (exact) mass is 339 g/mol. The van der Waals surface area contributed by atoms with Crippen LogP contribution < -0.4 is 11.2 Å². The zero-order chi connectivity index (χ0) is 17.3. The molecule has 7 nitrogen and oxygen atoms in total. The maximum Gasteiger partial charge on any atom is 0.333 e. The highest BCUT2D eigenvalue weighted by molar-refractivity contribution is 5.76. The summed E-state index contributed by atoms with van der Waals surface area (Å²) in [6.45, 7) is 3.38. The molecule has 2 aliphatic rings. The van der Waals surface area contributed by atoms with Gasteiger partial charge >= 0.3 is 5.69 Å². The van der Waals surface area contributed by atoms with Crippen molar-refractivity contribution in [2.24, 2.45) is 5.92 Å². The van der Waals surface area contributed by atoms with Crippen LogP contribution in [0.2, 0.25) is 0 Å². The number of hydrogen-bond acceptors (Lipinski definition) is 4. The number of aromatic nitrogens is 2. The summed E-state index contributed by atoms with van der Waals surface area (Å²) in [4.78, 5) is 38.5. The molecule has 1 amide bonds. The summed E-state index contributed by atoms with van der Waals surface area (Å²) in [5.41, 5.74) is -1.76. The largest absolute Gasteiger partial charge is 0.358 e. The van der Waals surface area contributed by atoms with Crippen LogP contribution in [0.5, 0.6) is 0 Å². The van der Waals surface area contributed by atoms with Gasteiger partial charge in [0.25, 0.3) is 5.56 Å². The Morgan fingerprint density at radius 3 is 2.62 bits per heavy atom. The van der Waals surface area contributed by atoms with Gasteiger partial charge in [0.15, 0.2) is 0 Å². The number of ether oxygens (including phenoxy) is 1. The first-order valence-electron chi connectivity index (χ1n) is 8.38. The number of hydrogen-bond donors (Lipinski definition) is 0. The minimum absolute atomic E-state index is 0.328. The van der Waals surface area contributed by atoms with E-state index in [1.165, 1.54) is 0 Å². The third kappa shape index (κ3) is 3.28. The molecular weight excluding hydrogens is 317 g/mol. The van der Waals surface area contributed by atoms with Crippen LogP contribution in [0.1, 0.15) is 38.8 Å². The zero-order valence-corrected chi connectivity index (χ0v) is 13.7. The lowest BCUT2D eigenvalue weighted by atomic mass is 9.99. The predicted octanol–water partition coefficient (Wildman–Crippen LogP) is 0.717. The molecule has 3 rings (SSSR count). The maximum atomic E-state index is 13.9. The molecule has 1 aromatic rings. The SMILES string of the molecule is CC1CCN(C(=O)Cn2c(=O)c(F)cn(C3CCCO3)c2=O)CC1. The minimum atomic E-state index is -1.06. The van der Waals surface area contributed by atoms with Crippen molar-refractivity contribution in [1.82, 2.24) is 14.0 Å². The molecule has 3 heterocycles. The van der Waals surface area contributed by atoms with Crippen LogP contribution in [0, 0.1) is 11.7 Å². The second-order valence-electron chi connectivity index (χ2n) is 6.59. The van der Waals surface area contributed by atoms with E-state index in [0.29, 0.717) is 36.6 Å². The smallest absolute Gasteiger partial charge is 0.333 e.